The SMILES string of the molecule is ONc1cccnc1N1CCC(Oc2ccccn2)CC1. The maximum atomic E-state index is 9.15. The average molecular weight is 286 g/mol. The smallest absolute Gasteiger partial charge is 0.213 e. The molecule has 1 aliphatic rings. The zero-order valence-electron chi connectivity index (χ0n) is 11.6. The minimum atomic E-state index is 0.172. The molecule has 2 N–H and O–H groups in total. The number of pyridine rings is 2. The fourth-order valence-corrected chi connectivity index (χ4v) is 2.51. The molecule has 1 aliphatic heterocycles. The molecule has 6 heteroatoms. The van der Waals surface area contributed by atoms with Gasteiger partial charge in [-0.15, -0.1) is 0 Å². The highest BCUT2D eigenvalue weighted by atomic mass is 16.5. The molecule has 3 heterocycles. The van der Waals surface area contributed by atoms with E-state index in [-0.39, 0.29) is 6.10 Å². The fraction of sp³-hybridized carbons (Fsp3) is 0.333. The van der Waals surface area contributed by atoms with E-state index in [0.717, 1.165) is 31.7 Å². The van der Waals surface area contributed by atoms with Crippen LogP contribution < -0.4 is 15.1 Å². The second-order valence-electron chi connectivity index (χ2n) is 4.96. The first-order valence-electron chi connectivity index (χ1n) is 7.04. The Morgan fingerprint density at radius 2 is 1.90 bits per heavy atom. The summed E-state index contributed by atoms with van der Waals surface area (Å²) in [5.74, 6) is 1.45. The van der Waals surface area contributed by atoms with Crippen LogP contribution in [0, 0.1) is 0 Å². The largest absolute Gasteiger partial charge is 0.474 e. The van der Waals surface area contributed by atoms with Gasteiger partial charge in [-0.25, -0.2) is 9.97 Å². The van der Waals surface area contributed by atoms with Crippen LogP contribution in [0.3, 0.4) is 0 Å². The van der Waals surface area contributed by atoms with Gasteiger partial charge in [0.2, 0.25) is 5.88 Å². The number of hydrogen-bond acceptors (Lipinski definition) is 6. The predicted molar refractivity (Wildman–Crippen MR) is 79.7 cm³/mol. The van der Waals surface area contributed by atoms with Gasteiger partial charge in [-0.2, -0.15) is 0 Å². The summed E-state index contributed by atoms with van der Waals surface area (Å²) in [4.78, 5) is 10.7. The van der Waals surface area contributed by atoms with Gasteiger partial charge in [0.15, 0.2) is 5.82 Å². The minimum absolute atomic E-state index is 0.172. The number of ether oxygens (including phenoxy) is 1. The molecule has 0 unspecified atom stereocenters. The molecule has 110 valence electrons. The summed E-state index contributed by atoms with van der Waals surface area (Å²) in [5, 5.41) is 9.15. The maximum absolute atomic E-state index is 9.15. The van der Waals surface area contributed by atoms with Gasteiger partial charge >= 0.3 is 0 Å². The highest BCUT2D eigenvalue weighted by molar-refractivity contribution is 5.64. The van der Waals surface area contributed by atoms with Crippen LogP contribution in [0.2, 0.25) is 0 Å². The van der Waals surface area contributed by atoms with E-state index in [2.05, 4.69) is 20.3 Å². The lowest BCUT2D eigenvalue weighted by Crippen LogP contribution is -2.39. The molecule has 0 atom stereocenters. The van der Waals surface area contributed by atoms with Gasteiger partial charge in [-0.3, -0.25) is 10.7 Å². The van der Waals surface area contributed by atoms with Crippen LogP contribution in [0.5, 0.6) is 5.88 Å². The molecule has 6 nitrogen and oxygen atoms in total. The summed E-state index contributed by atoms with van der Waals surface area (Å²) in [6.07, 6.45) is 5.44. The molecule has 0 spiro atoms. The number of piperidine rings is 1. The Hall–Kier alpha value is -2.34. The Morgan fingerprint density at radius 1 is 1.10 bits per heavy atom. The highest BCUT2D eigenvalue weighted by Crippen LogP contribution is 2.26. The molecule has 0 aliphatic carbocycles. The molecule has 2 aromatic heterocycles. The van der Waals surface area contributed by atoms with Gasteiger partial charge in [-0.1, -0.05) is 6.07 Å². The summed E-state index contributed by atoms with van der Waals surface area (Å²) in [6.45, 7) is 1.67. The fourth-order valence-electron chi connectivity index (χ4n) is 2.51. The van der Waals surface area contributed by atoms with Crippen LogP contribution in [0.15, 0.2) is 42.7 Å². The number of nitrogens with one attached hydrogen (secondary N) is 1. The molecule has 1 fully saturated rings. The van der Waals surface area contributed by atoms with E-state index < -0.39 is 0 Å². The van der Waals surface area contributed by atoms with Gasteiger partial charge in [0.25, 0.3) is 0 Å². The second-order valence-corrected chi connectivity index (χ2v) is 4.96. The van der Waals surface area contributed by atoms with E-state index in [1.807, 2.05) is 18.2 Å². The van der Waals surface area contributed by atoms with Crippen molar-refractivity contribution in [3.05, 3.63) is 42.7 Å². The standard InChI is InChI=1S/C15H18N4O2/c20-18-13-4-3-9-17-15(13)19-10-6-12(7-11-19)21-14-5-1-2-8-16-14/h1-5,8-9,12,18,20H,6-7,10-11H2. The highest BCUT2D eigenvalue weighted by Gasteiger charge is 2.23. The zero-order chi connectivity index (χ0) is 14.5. The van der Waals surface area contributed by atoms with Gasteiger partial charge in [0, 0.05) is 44.4 Å². The van der Waals surface area contributed by atoms with E-state index in [1.165, 1.54) is 0 Å². The zero-order valence-corrected chi connectivity index (χ0v) is 11.6. The molecular formula is C15H18N4O2. The quantitative estimate of drug-likeness (QED) is 0.841. The number of aromatic nitrogens is 2. The van der Waals surface area contributed by atoms with Crippen molar-refractivity contribution in [1.29, 1.82) is 0 Å². The van der Waals surface area contributed by atoms with E-state index in [0.29, 0.717) is 11.6 Å². The van der Waals surface area contributed by atoms with Crippen molar-refractivity contribution in [3.8, 4) is 5.88 Å². The first kappa shape index (κ1) is 13.6. The Balaban J connectivity index is 1.60. The van der Waals surface area contributed by atoms with Crippen molar-refractivity contribution in [2.24, 2.45) is 0 Å². The molecule has 0 saturated carbocycles. The summed E-state index contributed by atoms with van der Waals surface area (Å²) in [6, 6.07) is 9.27. The van der Waals surface area contributed by atoms with Gasteiger partial charge in [0.1, 0.15) is 11.8 Å². The summed E-state index contributed by atoms with van der Waals surface area (Å²) in [5.41, 5.74) is 2.82. The van der Waals surface area contributed by atoms with Crippen molar-refractivity contribution in [3.63, 3.8) is 0 Å². The molecule has 3 rings (SSSR count). The van der Waals surface area contributed by atoms with Crippen molar-refractivity contribution >= 4 is 11.5 Å². The van der Waals surface area contributed by atoms with Crippen LogP contribution in [-0.4, -0.2) is 34.4 Å². The van der Waals surface area contributed by atoms with Crippen LogP contribution in [0.4, 0.5) is 11.5 Å². The molecule has 0 amide bonds. The van der Waals surface area contributed by atoms with Crippen molar-refractivity contribution in [2.75, 3.05) is 23.5 Å². The molecule has 1 saturated heterocycles. The summed E-state index contributed by atoms with van der Waals surface area (Å²) >= 11 is 0. The third-order valence-electron chi connectivity index (χ3n) is 3.57. The number of hydrogen-bond donors (Lipinski definition) is 2. The molecule has 0 radical (unpaired) electrons. The average Bonchev–Trinajstić information content (AvgIpc) is 2.56. The monoisotopic (exact) mass is 286 g/mol. The lowest BCUT2D eigenvalue weighted by Gasteiger charge is -2.33. The molecule has 0 aromatic carbocycles. The van der Waals surface area contributed by atoms with Crippen molar-refractivity contribution in [2.45, 2.75) is 18.9 Å². The summed E-state index contributed by atoms with van der Waals surface area (Å²) in [7, 11) is 0. The van der Waals surface area contributed by atoms with Gasteiger partial charge in [-0.05, 0) is 18.2 Å². The lowest BCUT2D eigenvalue weighted by atomic mass is 10.1. The minimum Gasteiger partial charge on any atom is -0.474 e. The molecular weight excluding hydrogens is 268 g/mol. The molecule has 2 aromatic rings. The number of rotatable bonds is 4. The Labute approximate surface area is 123 Å². The normalized spacial score (nSPS) is 15.8. The third-order valence-corrected chi connectivity index (χ3v) is 3.57. The van der Waals surface area contributed by atoms with E-state index >= 15 is 0 Å². The number of anilines is 2. The van der Waals surface area contributed by atoms with Gasteiger partial charge in [0.05, 0.1) is 0 Å². The first-order chi connectivity index (χ1) is 10.4. The van der Waals surface area contributed by atoms with Crippen LogP contribution in [0.25, 0.3) is 0 Å². The first-order valence-corrected chi connectivity index (χ1v) is 7.04. The summed E-state index contributed by atoms with van der Waals surface area (Å²) < 4.78 is 5.87. The molecule has 21 heavy (non-hydrogen) atoms. The predicted octanol–water partition coefficient (Wildman–Crippen LogP) is 2.33. The van der Waals surface area contributed by atoms with Crippen LogP contribution in [-0.2, 0) is 0 Å². The molecule has 0 bridgehead atoms. The van der Waals surface area contributed by atoms with E-state index in [1.54, 1.807) is 24.5 Å². The topological polar surface area (TPSA) is 70.5 Å². The maximum Gasteiger partial charge on any atom is 0.213 e. The number of nitrogens with zero attached hydrogens (tertiary/aromatic N) is 3. The van der Waals surface area contributed by atoms with Crippen molar-refractivity contribution < 1.29 is 9.94 Å². The van der Waals surface area contributed by atoms with Crippen LogP contribution in [0.1, 0.15) is 12.8 Å². The Bertz CT molecular complexity index is 571. The third kappa shape index (κ3) is 3.22. The second kappa shape index (κ2) is 6.41. The Morgan fingerprint density at radius 3 is 2.62 bits per heavy atom. The lowest BCUT2D eigenvalue weighted by molar-refractivity contribution is 0.164. The van der Waals surface area contributed by atoms with Crippen LogP contribution >= 0.6 is 0 Å². The van der Waals surface area contributed by atoms with E-state index in [9.17, 15) is 0 Å². The van der Waals surface area contributed by atoms with E-state index in [4.69, 9.17) is 9.94 Å². The van der Waals surface area contributed by atoms with Gasteiger partial charge < -0.3 is 9.64 Å². The Kier molecular flexibility index (Phi) is 4.16. The van der Waals surface area contributed by atoms with Crippen molar-refractivity contribution in [1.82, 2.24) is 9.97 Å².